The summed E-state index contributed by atoms with van der Waals surface area (Å²) in [5.41, 5.74) is 3.82. The van der Waals surface area contributed by atoms with E-state index in [2.05, 4.69) is 11.1 Å². The Labute approximate surface area is 146 Å². The molecule has 0 atom stereocenters. The van der Waals surface area contributed by atoms with E-state index in [-0.39, 0.29) is 5.91 Å². The number of H-pyrrole nitrogens is 1. The molecule has 25 heavy (non-hydrogen) atoms. The Morgan fingerprint density at radius 3 is 2.76 bits per heavy atom. The molecule has 1 aliphatic rings. The van der Waals surface area contributed by atoms with Gasteiger partial charge >= 0.3 is 0 Å². The topological polar surface area (TPSA) is 54.6 Å². The summed E-state index contributed by atoms with van der Waals surface area (Å²) in [4.78, 5) is 18.1. The van der Waals surface area contributed by atoms with E-state index in [4.69, 9.17) is 9.47 Å². The lowest BCUT2D eigenvalue weighted by Gasteiger charge is -2.27. The maximum absolute atomic E-state index is 12.9. The Morgan fingerprint density at radius 2 is 1.96 bits per heavy atom. The Bertz CT molecular complexity index is 945. The number of hydrogen-bond acceptors (Lipinski definition) is 3. The number of para-hydroxylation sites is 1. The summed E-state index contributed by atoms with van der Waals surface area (Å²) < 4.78 is 10.7. The lowest BCUT2D eigenvalue weighted by atomic mass is 10.0. The van der Waals surface area contributed by atoms with Crippen LogP contribution < -0.4 is 9.47 Å². The van der Waals surface area contributed by atoms with E-state index in [0.717, 1.165) is 39.9 Å². The van der Waals surface area contributed by atoms with Crippen LogP contribution in [0.4, 0.5) is 0 Å². The quantitative estimate of drug-likeness (QED) is 0.795. The predicted octanol–water partition coefficient (Wildman–Crippen LogP) is 3.38. The molecule has 0 fully saturated rings. The number of ether oxygens (including phenoxy) is 2. The zero-order valence-corrected chi connectivity index (χ0v) is 14.3. The number of benzene rings is 2. The fraction of sp³-hybridized carbons (Fsp3) is 0.250. The SMILES string of the molecule is COc1ccc(CN2CCc3c([nH]c4ccccc34)C2=O)c(OC)c1. The average Bonchev–Trinajstić information content (AvgIpc) is 3.04. The van der Waals surface area contributed by atoms with E-state index in [0.29, 0.717) is 18.8 Å². The number of aromatic amines is 1. The zero-order chi connectivity index (χ0) is 17.4. The number of carbonyl (C=O) groups is 1. The van der Waals surface area contributed by atoms with Gasteiger partial charge in [0.15, 0.2) is 0 Å². The van der Waals surface area contributed by atoms with E-state index in [9.17, 15) is 4.79 Å². The molecule has 2 aromatic carbocycles. The third-order valence-corrected chi connectivity index (χ3v) is 4.80. The highest BCUT2D eigenvalue weighted by Crippen LogP contribution is 2.30. The van der Waals surface area contributed by atoms with E-state index in [1.165, 1.54) is 0 Å². The molecule has 128 valence electrons. The van der Waals surface area contributed by atoms with E-state index >= 15 is 0 Å². The summed E-state index contributed by atoms with van der Waals surface area (Å²) in [5, 5.41) is 1.15. The second-order valence-corrected chi connectivity index (χ2v) is 6.18. The summed E-state index contributed by atoms with van der Waals surface area (Å²) in [6.07, 6.45) is 0.851. The second-order valence-electron chi connectivity index (χ2n) is 6.18. The first-order valence-electron chi connectivity index (χ1n) is 8.31. The van der Waals surface area contributed by atoms with Gasteiger partial charge in [-0.2, -0.15) is 0 Å². The number of hydrogen-bond donors (Lipinski definition) is 1. The molecule has 0 unspecified atom stereocenters. The van der Waals surface area contributed by atoms with Gasteiger partial charge in [0, 0.05) is 35.6 Å². The number of methoxy groups -OCH3 is 2. The van der Waals surface area contributed by atoms with Crippen LogP contribution in [-0.2, 0) is 13.0 Å². The van der Waals surface area contributed by atoms with Crippen LogP contribution in [-0.4, -0.2) is 36.6 Å². The lowest BCUT2D eigenvalue weighted by molar-refractivity contribution is 0.0721. The van der Waals surface area contributed by atoms with Crippen molar-refractivity contribution in [2.45, 2.75) is 13.0 Å². The van der Waals surface area contributed by atoms with Crippen molar-refractivity contribution in [2.75, 3.05) is 20.8 Å². The van der Waals surface area contributed by atoms with Crippen LogP contribution in [0, 0.1) is 0 Å². The van der Waals surface area contributed by atoms with Gasteiger partial charge in [0.2, 0.25) is 0 Å². The number of carbonyl (C=O) groups excluding carboxylic acids is 1. The van der Waals surface area contributed by atoms with E-state index < -0.39 is 0 Å². The van der Waals surface area contributed by atoms with E-state index in [1.807, 2.05) is 41.3 Å². The monoisotopic (exact) mass is 336 g/mol. The van der Waals surface area contributed by atoms with Gasteiger partial charge in [-0.1, -0.05) is 18.2 Å². The molecule has 2 heterocycles. The minimum Gasteiger partial charge on any atom is -0.497 e. The third kappa shape index (κ3) is 2.61. The smallest absolute Gasteiger partial charge is 0.270 e. The van der Waals surface area contributed by atoms with Gasteiger partial charge < -0.3 is 19.4 Å². The lowest BCUT2D eigenvalue weighted by Crippen LogP contribution is -2.37. The van der Waals surface area contributed by atoms with Crippen LogP contribution in [0.15, 0.2) is 42.5 Å². The van der Waals surface area contributed by atoms with Crippen LogP contribution in [0.3, 0.4) is 0 Å². The maximum Gasteiger partial charge on any atom is 0.270 e. The molecular weight excluding hydrogens is 316 g/mol. The Hall–Kier alpha value is -2.95. The molecule has 4 rings (SSSR count). The number of nitrogens with one attached hydrogen (secondary N) is 1. The van der Waals surface area contributed by atoms with Crippen molar-refractivity contribution in [1.29, 1.82) is 0 Å². The first kappa shape index (κ1) is 15.6. The van der Waals surface area contributed by atoms with Crippen molar-refractivity contribution in [2.24, 2.45) is 0 Å². The van der Waals surface area contributed by atoms with Gasteiger partial charge in [-0.25, -0.2) is 0 Å². The standard InChI is InChI=1S/C20H20N2O3/c1-24-14-8-7-13(18(11-14)25-2)12-22-10-9-16-15-5-3-4-6-17(15)21-19(16)20(22)23/h3-8,11,21H,9-10,12H2,1-2H3. The number of rotatable bonds is 4. The molecule has 0 spiro atoms. The van der Waals surface area contributed by atoms with Gasteiger partial charge in [-0.05, 0) is 30.2 Å². The van der Waals surface area contributed by atoms with Gasteiger partial charge in [-0.3, -0.25) is 4.79 Å². The Kier molecular flexibility index (Phi) is 3.84. The average molecular weight is 336 g/mol. The molecule has 1 amide bonds. The Balaban J connectivity index is 1.64. The zero-order valence-electron chi connectivity index (χ0n) is 14.3. The molecular formula is C20H20N2O3. The van der Waals surface area contributed by atoms with Crippen molar-refractivity contribution in [1.82, 2.24) is 9.88 Å². The van der Waals surface area contributed by atoms with Crippen molar-refractivity contribution >= 4 is 16.8 Å². The minimum absolute atomic E-state index is 0.0373. The van der Waals surface area contributed by atoms with Gasteiger partial charge in [0.05, 0.1) is 14.2 Å². The fourth-order valence-electron chi connectivity index (χ4n) is 3.49. The number of aromatic nitrogens is 1. The van der Waals surface area contributed by atoms with Gasteiger partial charge in [0.25, 0.3) is 5.91 Å². The molecule has 0 saturated carbocycles. The molecule has 1 aromatic heterocycles. The predicted molar refractivity (Wildman–Crippen MR) is 96.3 cm³/mol. The van der Waals surface area contributed by atoms with Crippen molar-refractivity contribution in [3.63, 3.8) is 0 Å². The molecule has 0 aliphatic carbocycles. The van der Waals surface area contributed by atoms with Crippen molar-refractivity contribution in [3.8, 4) is 11.5 Å². The van der Waals surface area contributed by atoms with Gasteiger partial charge in [0.1, 0.15) is 17.2 Å². The largest absolute Gasteiger partial charge is 0.497 e. The summed E-state index contributed by atoms with van der Waals surface area (Å²) in [6.45, 7) is 1.21. The molecule has 5 heteroatoms. The van der Waals surface area contributed by atoms with Crippen LogP contribution in [0.2, 0.25) is 0 Å². The van der Waals surface area contributed by atoms with Gasteiger partial charge in [-0.15, -0.1) is 0 Å². The summed E-state index contributed by atoms with van der Waals surface area (Å²) in [6, 6.07) is 13.8. The number of nitrogens with zero attached hydrogens (tertiary/aromatic N) is 1. The van der Waals surface area contributed by atoms with Crippen LogP contribution in [0.5, 0.6) is 11.5 Å². The van der Waals surface area contributed by atoms with E-state index in [1.54, 1.807) is 14.2 Å². The second kappa shape index (κ2) is 6.16. The summed E-state index contributed by atoms with van der Waals surface area (Å²) >= 11 is 0. The Morgan fingerprint density at radius 1 is 1.12 bits per heavy atom. The molecule has 0 radical (unpaired) electrons. The molecule has 0 saturated heterocycles. The summed E-state index contributed by atoms with van der Waals surface area (Å²) in [5.74, 6) is 1.51. The molecule has 1 N–H and O–H groups in total. The molecule has 3 aromatic rings. The van der Waals surface area contributed by atoms with Crippen LogP contribution >= 0.6 is 0 Å². The minimum atomic E-state index is 0.0373. The molecule has 5 nitrogen and oxygen atoms in total. The highest BCUT2D eigenvalue weighted by Gasteiger charge is 2.28. The maximum atomic E-state index is 12.9. The van der Waals surface area contributed by atoms with Crippen LogP contribution in [0.25, 0.3) is 10.9 Å². The van der Waals surface area contributed by atoms with Crippen molar-refractivity contribution in [3.05, 3.63) is 59.3 Å². The van der Waals surface area contributed by atoms with Crippen molar-refractivity contribution < 1.29 is 14.3 Å². The fourth-order valence-corrected chi connectivity index (χ4v) is 3.49. The first-order valence-corrected chi connectivity index (χ1v) is 8.31. The normalized spacial score (nSPS) is 13.8. The highest BCUT2D eigenvalue weighted by molar-refractivity contribution is 6.02. The molecule has 1 aliphatic heterocycles. The summed E-state index contributed by atoms with van der Waals surface area (Å²) in [7, 11) is 3.26. The third-order valence-electron chi connectivity index (χ3n) is 4.80. The molecule has 0 bridgehead atoms. The van der Waals surface area contributed by atoms with Crippen LogP contribution in [0.1, 0.15) is 21.6 Å². The first-order chi connectivity index (χ1) is 12.2. The highest BCUT2D eigenvalue weighted by atomic mass is 16.5. The number of fused-ring (bicyclic) bond motifs is 3. The number of amides is 1.